The zero-order chi connectivity index (χ0) is 13.9. The molecular formula is C16H20N2O2. The van der Waals surface area contributed by atoms with E-state index in [1.807, 2.05) is 24.3 Å². The number of hydrogen-bond donors (Lipinski definition) is 2. The number of nitrogens with zero attached hydrogens (tertiary/aromatic N) is 1. The Labute approximate surface area is 118 Å². The molecule has 0 spiro atoms. The van der Waals surface area contributed by atoms with Crippen LogP contribution in [0, 0.1) is 5.92 Å². The summed E-state index contributed by atoms with van der Waals surface area (Å²) in [5.74, 6) is 2.07. The summed E-state index contributed by atoms with van der Waals surface area (Å²) in [6.07, 6.45) is 4.76. The number of aromatic nitrogens is 1. The maximum absolute atomic E-state index is 9.87. The molecule has 1 aromatic carbocycles. The lowest BCUT2D eigenvalue weighted by Crippen LogP contribution is -2.22. The van der Waals surface area contributed by atoms with Gasteiger partial charge in [-0.3, -0.25) is 0 Å². The molecule has 20 heavy (non-hydrogen) atoms. The summed E-state index contributed by atoms with van der Waals surface area (Å²) in [5, 5.41) is 15.4. The lowest BCUT2D eigenvalue weighted by atomic mass is 10.1. The van der Waals surface area contributed by atoms with Crippen LogP contribution in [0.1, 0.15) is 19.3 Å². The third-order valence-corrected chi connectivity index (χ3v) is 4.12. The minimum atomic E-state index is -0.169. The minimum absolute atomic E-state index is 0.169. The molecule has 1 aliphatic rings. The van der Waals surface area contributed by atoms with Gasteiger partial charge in [-0.1, -0.05) is 6.42 Å². The predicted octanol–water partition coefficient (Wildman–Crippen LogP) is 2.82. The van der Waals surface area contributed by atoms with Crippen LogP contribution < -0.4 is 10.1 Å². The smallest absolute Gasteiger partial charge is 0.133 e. The molecule has 4 nitrogen and oxygen atoms in total. The van der Waals surface area contributed by atoms with E-state index in [0.29, 0.717) is 5.92 Å². The van der Waals surface area contributed by atoms with Gasteiger partial charge in [0.2, 0.25) is 0 Å². The Balaban J connectivity index is 1.80. The molecule has 0 radical (unpaired) electrons. The van der Waals surface area contributed by atoms with Crippen molar-refractivity contribution in [2.75, 3.05) is 19.0 Å². The number of aliphatic hydroxyl groups is 1. The first kappa shape index (κ1) is 13.2. The van der Waals surface area contributed by atoms with Crippen molar-refractivity contribution in [3.63, 3.8) is 0 Å². The number of aliphatic hydroxyl groups excluding tert-OH is 1. The molecule has 0 saturated heterocycles. The van der Waals surface area contributed by atoms with E-state index >= 15 is 0 Å². The van der Waals surface area contributed by atoms with Crippen LogP contribution in [-0.4, -0.2) is 29.8 Å². The van der Waals surface area contributed by atoms with E-state index in [1.54, 1.807) is 13.3 Å². The van der Waals surface area contributed by atoms with Gasteiger partial charge in [-0.25, -0.2) is 4.98 Å². The Kier molecular flexibility index (Phi) is 3.74. The summed E-state index contributed by atoms with van der Waals surface area (Å²) < 4.78 is 5.24. The lowest BCUT2D eigenvalue weighted by molar-refractivity contribution is 0.138. The van der Waals surface area contributed by atoms with Crippen LogP contribution in [0.4, 0.5) is 5.82 Å². The normalized spacial score (nSPS) is 22.1. The highest BCUT2D eigenvalue weighted by Gasteiger charge is 2.24. The summed E-state index contributed by atoms with van der Waals surface area (Å²) >= 11 is 0. The van der Waals surface area contributed by atoms with E-state index in [-0.39, 0.29) is 6.10 Å². The van der Waals surface area contributed by atoms with Crippen molar-refractivity contribution >= 4 is 16.6 Å². The van der Waals surface area contributed by atoms with Crippen LogP contribution in [0.25, 0.3) is 10.8 Å². The molecule has 1 heterocycles. The van der Waals surface area contributed by atoms with E-state index in [0.717, 1.165) is 48.1 Å². The zero-order valence-corrected chi connectivity index (χ0v) is 11.7. The summed E-state index contributed by atoms with van der Waals surface area (Å²) in [5.41, 5.74) is 0. The van der Waals surface area contributed by atoms with E-state index in [4.69, 9.17) is 4.74 Å². The Morgan fingerprint density at radius 1 is 1.35 bits per heavy atom. The predicted molar refractivity (Wildman–Crippen MR) is 80.1 cm³/mol. The summed E-state index contributed by atoms with van der Waals surface area (Å²) in [6, 6.07) is 7.95. The Morgan fingerprint density at radius 3 is 3.00 bits per heavy atom. The van der Waals surface area contributed by atoms with E-state index in [2.05, 4.69) is 10.3 Å². The minimum Gasteiger partial charge on any atom is -0.497 e. The second kappa shape index (κ2) is 5.67. The van der Waals surface area contributed by atoms with Crippen molar-refractivity contribution in [2.24, 2.45) is 5.92 Å². The fourth-order valence-electron chi connectivity index (χ4n) is 2.91. The first-order valence-electron chi connectivity index (χ1n) is 7.12. The maximum Gasteiger partial charge on any atom is 0.133 e. The van der Waals surface area contributed by atoms with E-state index in [1.165, 1.54) is 0 Å². The van der Waals surface area contributed by atoms with Gasteiger partial charge in [-0.2, -0.15) is 0 Å². The van der Waals surface area contributed by atoms with Gasteiger partial charge in [0.15, 0.2) is 0 Å². The van der Waals surface area contributed by atoms with Gasteiger partial charge < -0.3 is 15.2 Å². The molecule has 1 aliphatic carbocycles. The zero-order valence-electron chi connectivity index (χ0n) is 11.7. The van der Waals surface area contributed by atoms with E-state index in [9.17, 15) is 5.11 Å². The molecule has 106 valence electrons. The van der Waals surface area contributed by atoms with Gasteiger partial charge in [0.25, 0.3) is 0 Å². The monoisotopic (exact) mass is 272 g/mol. The molecule has 0 aliphatic heterocycles. The molecule has 4 heteroatoms. The number of benzene rings is 1. The number of rotatable bonds is 4. The van der Waals surface area contributed by atoms with Crippen LogP contribution in [0.5, 0.6) is 5.75 Å². The highest BCUT2D eigenvalue weighted by molar-refractivity contribution is 5.92. The number of hydrogen-bond acceptors (Lipinski definition) is 4. The van der Waals surface area contributed by atoms with Gasteiger partial charge in [-0.05, 0) is 42.5 Å². The van der Waals surface area contributed by atoms with E-state index < -0.39 is 0 Å². The number of pyridine rings is 1. The van der Waals surface area contributed by atoms with Crippen molar-refractivity contribution in [1.29, 1.82) is 0 Å². The molecule has 3 rings (SSSR count). The Bertz CT molecular complexity index is 600. The second-order valence-electron chi connectivity index (χ2n) is 5.39. The molecule has 0 bridgehead atoms. The summed E-state index contributed by atoms with van der Waals surface area (Å²) in [7, 11) is 1.67. The SMILES string of the molecule is COc1ccc2c(NCC3CCCC3O)nccc2c1. The molecule has 1 aromatic heterocycles. The highest BCUT2D eigenvalue weighted by atomic mass is 16.5. The third-order valence-electron chi connectivity index (χ3n) is 4.12. The van der Waals surface area contributed by atoms with Crippen LogP contribution in [0.15, 0.2) is 30.5 Å². The standard InChI is InChI=1S/C16H20N2O2/c1-20-13-5-6-14-11(9-13)7-8-17-16(14)18-10-12-3-2-4-15(12)19/h5-9,12,15,19H,2-4,10H2,1H3,(H,17,18). The van der Waals surface area contributed by atoms with Gasteiger partial charge >= 0.3 is 0 Å². The third kappa shape index (κ3) is 2.56. The topological polar surface area (TPSA) is 54.4 Å². The quantitative estimate of drug-likeness (QED) is 0.898. The van der Waals surface area contributed by atoms with Crippen molar-refractivity contribution in [3.05, 3.63) is 30.5 Å². The number of anilines is 1. The van der Waals surface area contributed by atoms with Gasteiger partial charge in [0.1, 0.15) is 11.6 Å². The molecule has 2 N–H and O–H groups in total. The number of methoxy groups -OCH3 is 1. The maximum atomic E-state index is 9.87. The molecule has 2 atom stereocenters. The highest BCUT2D eigenvalue weighted by Crippen LogP contribution is 2.28. The first-order chi connectivity index (χ1) is 9.78. The van der Waals surface area contributed by atoms with Gasteiger partial charge in [-0.15, -0.1) is 0 Å². The Morgan fingerprint density at radius 2 is 2.25 bits per heavy atom. The lowest BCUT2D eigenvalue weighted by Gasteiger charge is -2.16. The summed E-state index contributed by atoms with van der Waals surface area (Å²) in [4.78, 5) is 4.41. The van der Waals surface area contributed by atoms with Crippen LogP contribution in [0.3, 0.4) is 0 Å². The molecule has 1 saturated carbocycles. The number of nitrogens with one attached hydrogen (secondary N) is 1. The van der Waals surface area contributed by atoms with Gasteiger partial charge in [0.05, 0.1) is 13.2 Å². The number of fused-ring (bicyclic) bond motifs is 1. The van der Waals surface area contributed by atoms with Crippen molar-refractivity contribution in [1.82, 2.24) is 4.98 Å². The Hall–Kier alpha value is -1.81. The van der Waals surface area contributed by atoms with Crippen molar-refractivity contribution < 1.29 is 9.84 Å². The molecule has 2 aromatic rings. The van der Waals surface area contributed by atoms with Crippen LogP contribution >= 0.6 is 0 Å². The fourth-order valence-corrected chi connectivity index (χ4v) is 2.91. The molecule has 2 unspecified atom stereocenters. The molecule has 0 amide bonds. The van der Waals surface area contributed by atoms with Gasteiger partial charge in [0, 0.05) is 24.0 Å². The van der Waals surface area contributed by atoms with Crippen molar-refractivity contribution in [2.45, 2.75) is 25.4 Å². The van der Waals surface area contributed by atoms with Crippen molar-refractivity contribution in [3.8, 4) is 5.75 Å². The van der Waals surface area contributed by atoms with Crippen LogP contribution in [0.2, 0.25) is 0 Å². The fraction of sp³-hybridized carbons (Fsp3) is 0.438. The summed E-state index contributed by atoms with van der Waals surface area (Å²) in [6.45, 7) is 0.777. The average Bonchev–Trinajstić information content (AvgIpc) is 2.89. The first-order valence-corrected chi connectivity index (χ1v) is 7.12. The second-order valence-corrected chi connectivity index (χ2v) is 5.39. The largest absolute Gasteiger partial charge is 0.497 e. The average molecular weight is 272 g/mol. The number of ether oxygens (including phenoxy) is 1. The molecule has 1 fully saturated rings. The molecular weight excluding hydrogens is 252 g/mol. The van der Waals surface area contributed by atoms with Crippen LogP contribution in [-0.2, 0) is 0 Å².